The topological polar surface area (TPSA) is 124 Å². The second-order valence-corrected chi connectivity index (χ2v) is 6.24. The van der Waals surface area contributed by atoms with E-state index < -0.39 is 41.3 Å². The number of carboxylic acid groups (broad SMARTS) is 2. The van der Waals surface area contributed by atoms with Gasteiger partial charge in [-0.2, -0.15) is 0 Å². The van der Waals surface area contributed by atoms with Crippen molar-refractivity contribution >= 4 is 23.8 Å². The first-order valence-electron chi connectivity index (χ1n) is 7.66. The van der Waals surface area contributed by atoms with Gasteiger partial charge in [-0.3, -0.25) is 24.6 Å². The normalized spacial score (nSPS) is 34.3. The van der Waals surface area contributed by atoms with Crippen LogP contribution in [0.4, 0.5) is 0 Å². The highest BCUT2D eigenvalue weighted by molar-refractivity contribution is 6.10. The van der Waals surface area contributed by atoms with Crippen LogP contribution in [0.1, 0.15) is 25.7 Å². The van der Waals surface area contributed by atoms with E-state index in [1.165, 1.54) is 6.08 Å². The smallest absolute Gasteiger partial charge is 0.328 e. The van der Waals surface area contributed by atoms with Crippen LogP contribution in [0.15, 0.2) is 12.2 Å². The molecule has 3 heterocycles. The van der Waals surface area contributed by atoms with Gasteiger partial charge in [0.15, 0.2) is 0 Å². The van der Waals surface area contributed by atoms with E-state index in [0.29, 0.717) is 19.3 Å². The molecule has 8 heteroatoms. The highest BCUT2D eigenvalue weighted by Gasteiger charge is 2.69. The van der Waals surface area contributed by atoms with Crippen molar-refractivity contribution in [1.82, 2.24) is 10.2 Å². The molecule has 0 aromatic heterocycles. The number of nitrogens with zero attached hydrogens (tertiary/aromatic N) is 1. The fraction of sp³-hybridized carbons (Fsp3) is 0.600. The van der Waals surface area contributed by atoms with Gasteiger partial charge in [0.25, 0.3) is 0 Å². The Kier molecular flexibility index (Phi) is 3.71. The molecule has 0 aliphatic carbocycles. The summed E-state index contributed by atoms with van der Waals surface area (Å²) in [5.74, 6) is -4.33. The van der Waals surface area contributed by atoms with Gasteiger partial charge in [-0.05, 0) is 12.8 Å². The van der Waals surface area contributed by atoms with Crippen LogP contribution in [0.2, 0.25) is 0 Å². The maximum absolute atomic E-state index is 12.5. The monoisotopic (exact) mass is 322 g/mol. The Bertz CT molecular complexity index is 615. The molecular weight excluding hydrogens is 304 g/mol. The number of unbranched alkanes of at least 4 members (excludes halogenated alkanes) is 2. The molecule has 2 bridgehead atoms. The van der Waals surface area contributed by atoms with Crippen LogP contribution in [0.25, 0.3) is 0 Å². The maximum Gasteiger partial charge on any atom is 0.328 e. The Balaban J connectivity index is 1.66. The van der Waals surface area contributed by atoms with Crippen LogP contribution in [0, 0.1) is 11.8 Å². The second-order valence-electron chi connectivity index (χ2n) is 6.24. The van der Waals surface area contributed by atoms with E-state index in [1.807, 2.05) is 0 Å². The van der Waals surface area contributed by atoms with Gasteiger partial charge in [-0.25, -0.2) is 4.79 Å². The van der Waals surface area contributed by atoms with Crippen molar-refractivity contribution in [3.05, 3.63) is 12.2 Å². The molecule has 124 valence electrons. The number of amides is 2. The van der Waals surface area contributed by atoms with Crippen molar-refractivity contribution in [3.63, 3.8) is 0 Å². The van der Waals surface area contributed by atoms with Crippen LogP contribution in [-0.2, 0) is 19.2 Å². The molecular formula is C15H18N2O6. The zero-order valence-electron chi connectivity index (χ0n) is 12.4. The van der Waals surface area contributed by atoms with Crippen LogP contribution < -0.4 is 5.32 Å². The Morgan fingerprint density at radius 3 is 2.57 bits per heavy atom. The Morgan fingerprint density at radius 1 is 1.17 bits per heavy atom. The molecule has 0 spiro atoms. The molecule has 3 N–H and O–H groups in total. The molecule has 0 saturated carbocycles. The summed E-state index contributed by atoms with van der Waals surface area (Å²) in [6.07, 6.45) is 4.80. The zero-order valence-corrected chi connectivity index (χ0v) is 12.4. The summed E-state index contributed by atoms with van der Waals surface area (Å²) < 4.78 is 0. The summed E-state index contributed by atoms with van der Waals surface area (Å²) >= 11 is 0. The van der Waals surface area contributed by atoms with Crippen molar-refractivity contribution in [2.45, 2.75) is 37.3 Å². The summed E-state index contributed by atoms with van der Waals surface area (Å²) in [5.41, 5.74) is -1.47. The quantitative estimate of drug-likeness (QED) is 0.331. The van der Waals surface area contributed by atoms with E-state index in [0.717, 1.165) is 4.90 Å². The molecule has 8 nitrogen and oxygen atoms in total. The fourth-order valence-corrected chi connectivity index (χ4v) is 3.83. The molecule has 0 radical (unpaired) electrons. The van der Waals surface area contributed by atoms with Gasteiger partial charge in [0.1, 0.15) is 5.54 Å². The third kappa shape index (κ3) is 2.24. The lowest BCUT2D eigenvalue weighted by atomic mass is 9.76. The molecule has 2 saturated heterocycles. The number of nitrogens with one attached hydrogen (secondary N) is 1. The first-order valence-corrected chi connectivity index (χ1v) is 7.66. The predicted octanol–water partition coefficient (Wildman–Crippen LogP) is -0.402. The number of carbonyl (C=O) groups excluding carboxylic acids is 2. The van der Waals surface area contributed by atoms with E-state index in [9.17, 15) is 24.3 Å². The van der Waals surface area contributed by atoms with E-state index in [2.05, 4.69) is 5.32 Å². The first kappa shape index (κ1) is 15.7. The van der Waals surface area contributed by atoms with Gasteiger partial charge in [-0.15, -0.1) is 0 Å². The van der Waals surface area contributed by atoms with Crippen LogP contribution in [-0.4, -0.2) is 57.0 Å². The molecule has 2 amide bonds. The van der Waals surface area contributed by atoms with Crippen molar-refractivity contribution in [3.8, 4) is 0 Å². The first-order chi connectivity index (χ1) is 10.9. The number of imide groups is 1. The molecule has 23 heavy (non-hydrogen) atoms. The number of rotatable bonds is 7. The summed E-state index contributed by atoms with van der Waals surface area (Å²) in [5, 5.41) is 20.9. The minimum atomic E-state index is -1.47. The lowest BCUT2D eigenvalue weighted by Crippen LogP contribution is -2.53. The van der Waals surface area contributed by atoms with E-state index in [-0.39, 0.29) is 18.9 Å². The maximum atomic E-state index is 12.5. The van der Waals surface area contributed by atoms with Crippen LogP contribution >= 0.6 is 0 Å². The summed E-state index contributed by atoms with van der Waals surface area (Å²) in [6.45, 7) is 0.215. The van der Waals surface area contributed by atoms with Gasteiger partial charge in [0, 0.05) is 19.0 Å². The van der Waals surface area contributed by atoms with Crippen molar-refractivity contribution in [2.75, 3.05) is 6.54 Å². The minimum absolute atomic E-state index is 0.0607. The molecule has 3 aliphatic rings. The third-order valence-electron chi connectivity index (χ3n) is 4.92. The van der Waals surface area contributed by atoms with Gasteiger partial charge < -0.3 is 10.2 Å². The predicted molar refractivity (Wildman–Crippen MR) is 76.2 cm³/mol. The summed E-state index contributed by atoms with van der Waals surface area (Å²) in [7, 11) is 0. The van der Waals surface area contributed by atoms with E-state index in [1.54, 1.807) is 6.08 Å². The standard InChI is InChI=1S/C15H18N2O6/c18-9(19)4-2-1-3-7-17-12(20)10-8-5-6-15(16-8,14(22)23)11(10)13(17)21/h5-6,8,10-11,16H,1-4,7H2,(H,18,19)(H,22,23)/t8?,10?,11-,15?/m1/s1. The lowest BCUT2D eigenvalue weighted by Gasteiger charge is -2.25. The highest BCUT2D eigenvalue weighted by atomic mass is 16.4. The summed E-state index contributed by atoms with van der Waals surface area (Å²) in [4.78, 5) is 48.2. The number of likely N-dealkylation sites (tertiary alicyclic amines) is 1. The molecule has 3 rings (SSSR count). The van der Waals surface area contributed by atoms with Crippen LogP contribution in [0.5, 0.6) is 0 Å². The highest BCUT2D eigenvalue weighted by Crippen LogP contribution is 2.47. The van der Waals surface area contributed by atoms with Gasteiger partial charge >= 0.3 is 11.9 Å². The molecule has 3 unspecified atom stereocenters. The van der Waals surface area contributed by atoms with Gasteiger partial charge in [0.05, 0.1) is 11.8 Å². The fourth-order valence-electron chi connectivity index (χ4n) is 3.83. The number of fused-ring (bicyclic) bond motifs is 5. The Hall–Kier alpha value is -2.22. The SMILES string of the molecule is O=C(O)CCCCCN1C(=O)C2C3C=CC(C(=O)O)(N3)[C@H]2C1=O. The van der Waals surface area contributed by atoms with E-state index >= 15 is 0 Å². The van der Waals surface area contributed by atoms with Crippen molar-refractivity contribution in [1.29, 1.82) is 0 Å². The number of hydrogen-bond donors (Lipinski definition) is 3. The molecule has 0 aromatic rings. The molecule has 2 fully saturated rings. The lowest BCUT2D eigenvalue weighted by molar-refractivity contribution is -0.148. The Labute approximate surface area is 132 Å². The number of carboxylic acids is 2. The Morgan fingerprint density at radius 2 is 1.91 bits per heavy atom. The van der Waals surface area contributed by atoms with Crippen molar-refractivity contribution in [2.24, 2.45) is 11.8 Å². The molecule has 4 atom stereocenters. The second kappa shape index (κ2) is 5.45. The van der Waals surface area contributed by atoms with Crippen molar-refractivity contribution < 1.29 is 29.4 Å². The third-order valence-corrected chi connectivity index (χ3v) is 4.92. The van der Waals surface area contributed by atoms with E-state index in [4.69, 9.17) is 5.11 Å². The minimum Gasteiger partial charge on any atom is -0.481 e. The van der Waals surface area contributed by atoms with Gasteiger partial charge in [-0.1, -0.05) is 18.6 Å². The number of hydrogen-bond acceptors (Lipinski definition) is 5. The average molecular weight is 322 g/mol. The van der Waals surface area contributed by atoms with Crippen LogP contribution in [0.3, 0.4) is 0 Å². The largest absolute Gasteiger partial charge is 0.481 e. The number of aliphatic carboxylic acids is 2. The zero-order chi connectivity index (χ0) is 16.8. The number of carbonyl (C=O) groups is 4. The summed E-state index contributed by atoms with van der Waals surface area (Å²) in [6, 6.07) is -0.412. The average Bonchev–Trinajstić information content (AvgIpc) is 3.12. The molecule has 0 aromatic carbocycles. The molecule has 3 aliphatic heterocycles. The van der Waals surface area contributed by atoms with Gasteiger partial charge in [0.2, 0.25) is 11.8 Å².